The zero-order valence-electron chi connectivity index (χ0n) is 10.8. The van der Waals surface area contributed by atoms with Gasteiger partial charge in [-0.05, 0) is 12.3 Å². The van der Waals surface area contributed by atoms with Crippen molar-refractivity contribution in [2.24, 2.45) is 5.92 Å². The van der Waals surface area contributed by atoms with E-state index in [1.54, 1.807) is 6.33 Å². The minimum atomic E-state index is -0.279. The number of nitrogens with two attached hydrogens (primary N) is 1. The zero-order valence-corrected chi connectivity index (χ0v) is 10.8. The highest BCUT2D eigenvalue weighted by atomic mass is 16.1. The van der Waals surface area contributed by atoms with Gasteiger partial charge in [0.25, 0.3) is 5.56 Å². The average Bonchev–Trinajstić information content (AvgIpc) is 2.74. The second kappa shape index (κ2) is 5.20. The molecule has 0 aromatic carbocycles. The third kappa shape index (κ3) is 2.37. The number of imidazole rings is 1. The highest BCUT2D eigenvalue weighted by molar-refractivity contribution is 5.70. The van der Waals surface area contributed by atoms with Gasteiger partial charge in [-0.25, -0.2) is 4.98 Å². The first-order valence-corrected chi connectivity index (χ1v) is 6.36. The van der Waals surface area contributed by atoms with Gasteiger partial charge in [-0.15, -0.1) is 0 Å². The van der Waals surface area contributed by atoms with Crippen LogP contribution in [0.4, 0.5) is 5.95 Å². The van der Waals surface area contributed by atoms with Gasteiger partial charge in [0.15, 0.2) is 11.2 Å². The molecule has 0 aliphatic carbocycles. The third-order valence-corrected chi connectivity index (χ3v) is 3.43. The van der Waals surface area contributed by atoms with Crippen molar-refractivity contribution in [1.82, 2.24) is 19.5 Å². The molecule has 0 unspecified atom stereocenters. The number of hydrogen-bond acceptors (Lipinski definition) is 4. The van der Waals surface area contributed by atoms with Crippen LogP contribution >= 0.6 is 0 Å². The summed E-state index contributed by atoms with van der Waals surface area (Å²) in [5.41, 5.74) is 6.20. The van der Waals surface area contributed by atoms with Crippen LogP contribution in [0.25, 0.3) is 11.2 Å². The first kappa shape index (κ1) is 12.6. The third-order valence-electron chi connectivity index (χ3n) is 3.43. The molecule has 98 valence electrons. The van der Waals surface area contributed by atoms with Gasteiger partial charge >= 0.3 is 0 Å². The number of nitrogen functional groups attached to an aromatic ring is 1. The Balaban J connectivity index is 2.27. The van der Waals surface area contributed by atoms with E-state index in [2.05, 4.69) is 28.8 Å². The van der Waals surface area contributed by atoms with E-state index < -0.39 is 0 Å². The number of aromatic amines is 1. The molecular weight excluding hydrogens is 230 g/mol. The summed E-state index contributed by atoms with van der Waals surface area (Å²) < 4.78 is 1.90. The average molecular weight is 249 g/mol. The van der Waals surface area contributed by atoms with Crippen LogP contribution in [0.15, 0.2) is 11.1 Å². The number of nitrogens with one attached hydrogen (secondary N) is 1. The van der Waals surface area contributed by atoms with Crippen LogP contribution in [-0.2, 0) is 6.54 Å². The van der Waals surface area contributed by atoms with Crippen molar-refractivity contribution < 1.29 is 0 Å². The van der Waals surface area contributed by atoms with Crippen molar-refractivity contribution in [3.63, 3.8) is 0 Å². The summed E-state index contributed by atoms with van der Waals surface area (Å²) in [6.07, 6.45) is 5.06. The molecule has 0 aliphatic rings. The van der Waals surface area contributed by atoms with Crippen molar-refractivity contribution in [2.75, 3.05) is 5.73 Å². The van der Waals surface area contributed by atoms with Crippen molar-refractivity contribution in [3.05, 3.63) is 16.7 Å². The molecule has 0 bridgehead atoms. The highest BCUT2D eigenvalue weighted by Crippen LogP contribution is 2.15. The van der Waals surface area contributed by atoms with Crippen molar-refractivity contribution in [3.8, 4) is 0 Å². The highest BCUT2D eigenvalue weighted by Gasteiger charge is 2.10. The van der Waals surface area contributed by atoms with Gasteiger partial charge in [-0.1, -0.05) is 26.7 Å². The maximum absolute atomic E-state index is 11.6. The summed E-state index contributed by atoms with van der Waals surface area (Å²) in [7, 11) is 0. The lowest BCUT2D eigenvalue weighted by Gasteiger charge is -2.12. The van der Waals surface area contributed by atoms with Crippen molar-refractivity contribution >= 4 is 17.1 Å². The van der Waals surface area contributed by atoms with Gasteiger partial charge < -0.3 is 10.3 Å². The van der Waals surface area contributed by atoms with Crippen LogP contribution in [0.1, 0.15) is 33.1 Å². The minimum absolute atomic E-state index is 0.136. The van der Waals surface area contributed by atoms with Crippen LogP contribution in [-0.4, -0.2) is 19.5 Å². The van der Waals surface area contributed by atoms with E-state index in [-0.39, 0.29) is 11.5 Å². The normalized spacial score (nSPS) is 11.5. The number of nitrogens with zero attached hydrogens (tertiary/aromatic N) is 3. The van der Waals surface area contributed by atoms with Gasteiger partial charge in [-0.2, -0.15) is 4.98 Å². The predicted molar refractivity (Wildman–Crippen MR) is 71.3 cm³/mol. The monoisotopic (exact) mass is 249 g/mol. The van der Waals surface area contributed by atoms with E-state index in [4.69, 9.17) is 5.73 Å². The summed E-state index contributed by atoms with van der Waals surface area (Å²) in [6.45, 7) is 5.21. The Hall–Kier alpha value is -1.85. The fourth-order valence-corrected chi connectivity index (χ4v) is 2.15. The molecule has 6 nitrogen and oxygen atoms in total. The number of fused-ring (bicyclic) bond motifs is 1. The van der Waals surface area contributed by atoms with Crippen LogP contribution in [0.3, 0.4) is 0 Å². The summed E-state index contributed by atoms with van der Waals surface area (Å²) >= 11 is 0. The molecule has 0 saturated heterocycles. The lowest BCUT2D eigenvalue weighted by molar-refractivity contribution is 0.424. The Morgan fingerprint density at radius 3 is 2.83 bits per heavy atom. The number of rotatable bonds is 5. The molecule has 2 aromatic rings. The standard InChI is InChI=1S/C12H19N5O/c1-3-8(4-2)5-6-17-7-14-9-10(17)15-12(13)16-11(9)18/h7-8H,3-6H2,1-2H3,(H3,13,15,16,18). The molecule has 0 fully saturated rings. The molecule has 18 heavy (non-hydrogen) atoms. The Kier molecular flexibility index (Phi) is 3.64. The lowest BCUT2D eigenvalue weighted by Crippen LogP contribution is -2.12. The molecule has 2 aromatic heterocycles. The number of H-pyrrole nitrogens is 1. The summed E-state index contributed by atoms with van der Waals surface area (Å²) in [5, 5.41) is 0. The minimum Gasteiger partial charge on any atom is -0.369 e. The number of anilines is 1. The molecule has 0 spiro atoms. The molecule has 0 aliphatic heterocycles. The quantitative estimate of drug-likeness (QED) is 0.840. The molecule has 0 amide bonds. The van der Waals surface area contributed by atoms with Crippen LogP contribution in [0.5, 0.6) is 0 Å². The molecule has 2 rings (SSSR count). The maximum Gasteiger partial charge on any atom is 0.280 e. The topological polar surface area (TPSA) is 89.6 Å². The fourth-order valence-electron chi connectivity index (χ4n) is 2.15. The van der Waals surface area contributed by atoms with Crippen LogP contribution in [0.2, 0.25) is 0 Å². The summed E-state index contributed by atoms with van der Waals surface area (Å²) in [5.74, 6) is 0.832. The van der Waals surface area contributed by atoms with E-state index in [9.17, 15) is 4.79 Å². The van der Waals surface area contributed by atoms with Crippen molar-refractivity contribution in [2.45, 2.75) is 39.7 Å². The molecule has 6 heteroatoms. The Morgan fingerprint density at radius 2 is 2.17 bits per heavy atom. The second-order valence-electron chi connectivity index (χ2n) is 4.53. The summed E-state index contributed by atoms with van der Waals surface area (Å²) in [6, 6.07) is 0. The largest absolute Gasteiger partial charge is 0.369 e. The second-order valence-corrected chi connectivity index (χ2v) is 4.53. The number of hydrogen-bond donors (Lipinski definition) is 2. The summed E-state index contributed by atoms with van der Waals surface area (Å²) in [4.78, 5) is 22.3. The van der Waals surface area contributed by atoms with E-state index in [1.807, 2.05) is 4.57 Å². The van der Waals surface area contributed by atoms with Gasteiger partial charge in [-0.3, -0.25) is 9.78 Å². The molecular formula is C12H19N5O. The Bertz CT molecular complexity index is 582. The molecule has 3 N–H and O–H groups in total. The van der Waals surface area contributed by atoms with Gasteiger partial charge in [0.2, 0.25) is 5.95 Å². The van der Waals surface area contributed by atoms with Crippen molar-refractivity contribution in [1.29, 1.82) is 0 Å². The first-order valence-electron chi connectivity index (χ1n) is 6.36. The molecule has 2 heterocycles. The lowest BCUT2D eigenvalue weighted by atomic mass is 10.00. The first-order chi connectivity index (χ1) is 8.65. The number of aromatic nitrogens is 4. The molecule has 0 saturated carbocycles. The Labute approximate surface area is 105 Å². The SMILES string of the molecule is CCC(CC)CCn1cnc2c(=O)[nH]c(N)nc21. The predicted octanol–water partition coefficient (Wildman–Crippen LogP) is 1.53. The Morgan fingerprint density at radius 1 is 1.44 bits per heavy atom. The smallest absolute Gasteiger partial charge is 0.280 e. The molecule has 0 radical (unpaired) electrons. The zero-order chi connectivity index (χ0) is 13.1. The molecule has 0 atom stereocenters. The van der Waals surface area contributed by atoms with E-state index in [0.29, 0.717) is 17.1 Å². The van der Waals surface area contributed by atoms with E-state index >= 15 is 0 Å². The van der Waals surface area contributed by atoms with Gasteiger partial charge in [0.1, 0.15) is 0 Å². The van der Waals surface area contributed by atoms with Gasteiger partial charge in [0.05, 0.1) is 6.33 Å². The van der Waals surface area contributed by atoms with Crippen LogP contribution < -0.4 is 11.3 Å². The van der Waals surface area contributed by atoms with E-state index in [0.717, 1.165) is 13.0 Å². The fraction of sp³-hybridized carbons (Fsp3) is 0.583. The van der Waals surface area contributed by atoms with E-state index in [1.165, 1.54) is 12.8 Å². The van der Waals surface area contributed by atoms with Gasteiger partial charge in [0, 0.05) is 6.54 Å². The maximum atomic E-state index is 11.6. The van der Waals surface area contributed by atoms with Crippen LogP contribution in [0, 0.1) is 5.92 Å². The number of aryl methyl sites for hydroxylation is 1.